The number of fused-ring (bicyclic) bond motifs is 1. The van der Waals surface area contributed by atoms with E-state index in [9.17, 15) is 9.59 Å². The largest absolute Gasteiger partial charge is 0.494 e. The first-order chi connectivity index (χ1) is 18.3. The number of aromatic nitrogens is 1. The lowest BCUT2D eigenvalue weighted by molar-refractivity contribution is -0.140. The van der Waals surface area contributed by atoms with Crippen LogP contribution in [0.3, 0.4) is 0 Å². The van der Waals surface area contributed by atoms with Gasteiger partial charge in [0.1, 0.15) is 5.75 Å². The molecule has 1 aromatic heterocycles. The van der Waals surface area contributed by atoms with Crippen LogP contribution in [0.25, 0.3) is 6.08 Å². The first-order valence-corrected chi connectivity index (χ1v) is 13.2. The maximum Gasteiger partial charge on any atom is 0.338 e. The van der Waals surface area contributed by atoms with Gasteiger partial charge in [-0.15, -0.1) is 0 Å². The molecule has 38 heavy (non-hydrogen) atoms. The molecule has 0 amide bonds. The van der Waals surface area contributed by atoms with E-state index in [0.29, 0.717) is 44.5 Å². The third-order valence-electron chi connectivity index (χ3n) is 6.00. The number of carbonyl (C=O) groups excluding carboxylic acids is 1. The van der Waals surface area contributed by atoms with Crippen molar-refractivity contribution in [2.24, 2.45) is 10.9 Å². The Bertz CT molecular complexity index is 1530. The van der Waals surface area contributed by atoms with Gasteiger partial charge in [-0.3, -0.25) is 9.36 Å². The van der Waals surface area contributed by atoms with Gasteiger partial charge in [-0.2, -0.15) is 0 Å². The number of rotatable bonds is 9. The van der Waals surface area contributed by atoms with Crippen LogP contribution in [0.15, 0.2) is 63.5 Å². The standard InChI is InChI=1S/C29H32N2O6S/c1-7-36-21-11-9-20(10-12-21)26-25(28(33)37-16-17(2)3)18(4)30-29-31(26)27(32)24(38-29)15-19-8-13-22(34-5)23(14-19)35-6/h8-15,17,26H,7,16H2,1-6H3. The fourth-order valence-electron chi connectivity index (χ4n) is 4.23. The highest BCUT2D eigenvalue weighted by atomic mass is 32.1. The van der Waals surface area contributed by atoms with E-state index in [1.807, 2.05) is 51.1 Å². The van der Waals surface area contributed by atoms with Crippen LogP contribution < -0.4 is 29.1 Å². The van der Waals surface area contributed by atoms with Gasteiger partial charge in [-0.1, -0.05) is 43.4 Å². The fourth-order valence-corrected chi connectivity index (χ4v) is 5.27. The number of nitrogens with zero attached hydrogens (tertiary/aromatic N) is 2. The number of benzene rings is 2. The predicted octanol–water partition coefficient (Wildman–Crippen LogP) is 3.85. The molecule has 3 aromatic rings. The minimum absolute atomic E-state index is 0.173. The molecule has 1 aliphatic rings. The van der Waals surface area contributed by atoms with Gasteiger partial charge in [-0.05, 0) is 61.2 Å². The zero-order valence-corrected chi connectivity index (χ0v) is 23.3. The van der Waals surface area contributed by atoms with Crippen molar-refractivity contribution in [3.63, 3.8) is 0 Å². The lowest BCUT2D eigenvalue weighted by atomic mass is 9.96. The van der Waals surface area contributed by atoms with E-state index in [-0.39, 0.29) is 18.1 Å². The van der Waals surface area contributed by atoms with Gasteiger partial charge in [0.2, 0.25) is 0 Å². The van der Waals surface area contributed by atoms with E-state index in [1.165, 1.54) is 11.3 Å². The summed E-state index contributed by atoms with van der Waals surface area (Å²) >= 11 is 1.27. The number of allylic oxidation sites excluding steroid dienone is 1. The van der Waals surface area contributed by atoms with Gasteiger partial charge >= 0.3 is 5.97 Å². The summed E-state index contributed by atoms with van der Waals surface area (Å²) in [6, 6.07) is 12.2. The van der Waals surface area contributed by atoms with Gasteiger partial charge in [-0.25, -0.2) is 9.79 Å². The average Bonchev–Trinajstić information content (AvgIpc) is 3.21. The van der Waals surface area contributed by atoms with Crippen LogP contribution in [0.1, 0.15) is 44.9 Å². The Hall–Kier alpha value is -3.85. The highest BCUT2D eigenvalue weighted by Crippen LogP contribution is 2.32. The van der Waals surface area contributed by atoms with E-state index in [4.69, 9.17) is 18.9 Å². The molecule has 4 rings (SSSR count). The minimum atomic E-state index is -0.686. The van der Waals surface area contributed by atoms with Crippen LogP contribution in [-0.2, 0) is 9.53 Å². The van der Waals surface area contributed by atoms with Crippen LogP contribution in [0.5, 0.6) is 17.2 Å². The lowest BCUT2D eigenvalue weighted by Crippen LogP contribution is -2.40. The zero-order valence-electron chi connectivity index (χ0n) is 22.4. The Morgan fingerprint density at radius 2 is 1.82 bits per heavy atom. The molecule has 2 heterocycles. The molecule has 8 nitrogen and oxygen atoms in total. The highest BCUT2D eigenvalue weighted by Gasteiger charge is 2.33. The third kappa shape index (κ3) is 5.52. The van der Waals surface area contributed by atoms with E-state index >= 15 is 0 Å². The van der Waals surface area contributed by atoms with Gasteiger partial charge in [0, 0.05) is 0 Å². The minimum Gasteiger partial charge on any atom is -0.494 e. The SMILES string of the molecule is CCOc1ccc(C2C(C(=O)OCC(C)C)=C(C)N=c3sc(=Cc4ccc(OC)c(OC)c4)c(=O)n32)cc1. The summed E-state index contributed by atoms with van der Waals surface area (Å²) in [6.45, 7) is 8.45. The summed E-state index contributed by atoms with van der Waals surface area (Å²) in [5.41, 5.74) is 2.16. The third-order valence-corrected chi connectivity index (χ3v) is 6.98. The van der Waals surface area contributed by atoms with E-state index < -0.39 is 12.0 Å². The summed E-state index contributed by atoms with van der Waals surface area (Å²) in [4.78, 5) is 32.3. The molecule has 200 valence electrons. The Morgan fingerprint density at radius 3 is 2.45 bits per heavy atom. The molecule has 0 fully saturated rings. The molecule has 1 unspecified atom stereocenters. The normalized spacial score (nSPS) is 15.2. The van der Waals surface area contributed by atoms with Gasteiger partial charge in [0.15, 0.2) is 16.3 Å². The second kappa shape index (κ2) is 11.7. The molecular weight excluding hydrogens is 504 g/mol. The summed E-state index contributed by atoms with van der Waals surface area (Å²) < 4.78 is 24.0. The molecule has 0 aliphatic carbocycles. The van der Waals surface area contributed by atoms with Crippen LogP contribution in [-0.4, -0.2) is 38.0 Å². The van der Waals surface area contributed by atoms with E-state index in [1.54, 1.807) is 43.9 Å². The second-order valence-electron chi connectivity index (χ2n) is 9.19. The van der Waals surface area contributed by atoms with Crippen molar-refractivity contribution < 1.29 is 23.7 Å². The zero-order chi connectivity index (χ0) is 27.4. The molecule has 0 N–H and O–H groups in total. The topological polar surface area (TPSA) is 88.4 Å². The highest BCUT2D eigenvalue weighted by molar-refractivity contribution is 7.07. The van der Waals surface area contributed by atoms with E-state index in [0.717, 1.165) is 11.1 Å². The first kappa shape index (κ1) is 27.2. The van der Waals surface area contributed by atoms with Crippen LogP contribution >= 0.6 is 11.3 Å². The molecule has 9 heteroatoms. The van der Waals surface area contributed by atoms with Gasteiger partial charge < -0.3 is 18.9 Å². The lowest BCUT2D eigenvalue weighted by Gasteiger charge is -2.25. The number of esters is 1. The van der Waals surface area contributed by atoms with Crippen molar-refractivity contribution in [3.8, 4) is 17.2 Å². The van der Waals surface area contributed by atoms with Crippen LogP contribution in [0.2, 0.25) is 0 Å². The molecule has 2 aromatic carbocycles. The molecule has 0 saturated carbocycles. The van der Waals surface area contributed by atoms with Crippen molar-refractivity contribution in [2.45, 2.75) is 33.7 Å². The first-order valence-electron chi connectivity index (χ1n) is 12.4. The maximum atomic E-state index is 13.8. The van der Waals surface area contributed by atoms with Crippen molar-refractivity contribution in [3.05, 3.63) is 84.5 Å². The molecule has 0 bridgehead atoms. The van der Waals surface area contributed by atoms with Crippen molar-refractivity contribution >= 4 is 23.4 Å². The molecule has 0 radical (unpaired) electrons. The quantitative estimate of drug-likeness (QED) is 0.386. The van der Waals surface area contributed by atoms with Crippen molar-refractivity contribution in [1.82, 2.24) is 4.57 Å². The van der Waals surface area contributed by atoms with Crippen molar-refractivity contribution in [1.29, 1.82) is 0 Å². The molecule has 0 saturated heterocycles. The van der Waals surface area contributed by atoms with Gasteiger partial charge in [0.05, 0.1) is 49.3 Å². The number of hydrogen-bond donors (Lipinski definition) is 0. The summed E-state index contributed by atoms with van der Waals surface area (Å²) in [6.07, 6.45) is 1.79. The number of hydrogen-bond acceptors (Lipinski definition) is 8. The number of ether oxygens (including phenoxy) is 4. The summed E-state index contributed by atoms with van der Waals surface area (Å²) in [7, 11) is 3.14. The van der Waals surface area contributed by atoms with Crippen LogP contribution in [0.4, 0.5) is 0 Å². The predicted molar refractivity (Wildman–Crippen MR) is 147 cm³/mol. The van der Waals surface area contributed by atoms with Crippen LogP contribution in [0, 0.1) is 5.92 Å². The summed E-state index contributed by atoms with van der Waals surface area (Å²) in [5, 5.41) is 0. The Labute approximate surface area is 225 Å². The molecule has 0 spiro atoms. The number of carbonyl (C=O) groups is 1. The van der Waals surface area contributed by atoms with Crippen molar-refractivity contribution in [2.75, 3.05) is 27.4 Å². The average molecular weight is 537 g/mol. The van der Waals surface area contributed by atoms with E-state index in [2.05, 4.69) is 4.99 Å². The molecule has 1 aliphatic heterocycles. The smallest absolute Gasteiger partial charge is 0.338 e. The summed E-state index contributed by atoms with van der Waals surface area (Å²) in [5.74, 6) is 1.57. The Balaban J connectivity index is 1.87. The Morgan fingerprint density at radius 1 is 1.11 bits per heavy atom. The maximum absolute atomic E-state index is 13.8. The number of methoxy groups -OCH3 is 2. The fraction of sp³-hybridized carbons (Fsp3) is 0.345. The molecule has 1 atom stereocenters. The monoisotopic (exact) mass is 536 g/mol. The Kier molecular flexibility index (Phi) is 8.36. The number of thiazole rings is 1. The van der Waals surface area contributed by atoms with Gasteiger partial charge in [0.25, 0.3) is 5.56 Å². The second-order valence-corrected chi connectivity index (χ2v) is 10.2. The molecular formula is C29H32N2O6S.